The number of amides is 1. The second-order valence-electron chi connectivity index (χ2n) is 7.85. The van der Waals surface area contributed by atoms with Crippen molar-refractivity contribution in [3.05, 3.63) is 23.8 Å². The molecule has 1 fully saturated rings. The highest BCUT2D eigenvalue weighted by Gasteiger charge is 2.42. The first-order valence-corrected chi connectivity index (χ1v) is 10.8. The summed E-state index contributed by atoms with van der Waals surface area (Å²) in [5.41, 5.74) is 0.0295. The van der Waals surface area contributed by atoms with Crippen molar-refractivity contribution in [3.63, 3.8) is 0 Å². The Morgan fingerprint density at radius 2 is 2.00 bits per heavy atom. The molecule has 1 amide bonds. The van der Waals surface area contributed by atoms with Crippen LogP contribution in [0, 0.1) is 5.92 Å². The molecule has 1 aromatic carbocycles. The van der Waals surface area contributed by atoms with Crippen molar-refractivity contribution in [2.75, 3.05) is 18.5 Å². The van der Waals surface area contributed by atoms with Crippen molar-refractivity contribution in [1.82, 2.24) is 0 Å². The summed E-state index contributed by atoms with van der Waals surface area (Å²) in [6.07, 6.45) is 4.26. The van der Waals surface area contributed by atoms with Gasteiger partial charge in [-0.25, -0.2) is 4.79 Å². The average molecular weight is 406 g/mol. The summed E-state index contributed by atoms with van der Waals surface area (Å²) in [4.78, 5) is 25.6. The van der Waals surface area contributed by atoms with Gasteiger partial charge < -0.3 is 19.5 Å². The second kappa shape index (κ2) is 10.6. The zero-order chi connectivity index (χ0) is 21.4. The summed E-state index contributed by atoms with van der Waals surface area (Å²) in [5.74, 6) is 0.271. The zero-order valence-electron chi connectivity index (χ0n) is 18.4. The number of esters is 1. The Labute approximate surface area is 174 Å². The first-order chi connectivity index (χ1) is 13.8. The maximum Gasteiger partial charge on any atom is 0.341 e. The van der Waals surface area contributed by atoms with Gasteiger partial charge in [0.2, 0.25) is 0 Å². The highest BCUT2D eigenvalue weighted by atomic mass is 16.5. The molecular formula is C23H35NO5. The first kappa shape index (κ1) is 23.2. The van der Waals surface area contributed by atoms with Crippen molar-refractivity contribution in [2.45, 2.75) is 78.4 Å². The van der Waals surface area contributed by atoms with E-state index in [0.717, 1.165) is 19.3 Å². The number of anilines is 1. The van der Waals surface area contributed by atoms with Gasteiger partial charge in [-0.05, 0) is 70.6 Å². The smallest absolute Gasteiger partial charge is 0.341 e. The van der Waals surface area contributed by atoms with Crippen molar-refractivity contribution >= 4 is 17.6 Å². The van der Waals surface area contributed by atoms with Crippen LogP contribution in [0.2, 0.25) is 0 Å². The van der Waals surface area contributed by atoms with Crippen molar-refractivity contribution in [1.29, 1.82) is 0 Å². The molecule has 1 saturated carbocycles. The highest BCUT2D eigenvalue weighted by molar-refractivity contribution is 5.99. The molecule has 1 aliphatic rings. The van der Waals surface area contributed by atoms with Crippen molar-refractivity contribution in [2.24, 2.45) is 5.92 Å². The lowest BCUT2D eigenvalue weighted by molar-refractivity contribution is -0.147. The average Bonchev–Trinajstić information content (AvgIpc) is 2.69. The molecule has 0 unspecified atom stereocenters. The molecule has 6 heteroatoms. The number of hydrogen-bond donors (Lipinski definition) is 1. The van der Waals surface area contributed by atoms with Gasteiger partial charge in [0, 0.05) is 12.3 Å². The molecule has 2 rings (SSSR count). The number of carbonyl (C=O) groups excluding carboxylic acids is 2. The third-order valence-electron chi connectivity index (χ3n) is 5.43. The normalized spacial score (nSPS) is 22.6. The van der Waals surface area contributed by atoms with E-state index >= 15 is 0 Å². The van der Waals surface area contributed by atoms with Crippen molar-refractivity contribution < 1.29 is 23.8 Å². The molecule has 0 radical (unpaired) electrons. The third kappa shape index (κ3) is 5.95. The molecule has 6 nitrogen and oxygen atoms in total. The zero-order valence-corrected chi connectivity index (χ0v) is 18.4. The monoisotopic (exact) mass is 405 g/mol. The van der Waals surface area contributed by atoms with Gasteiger partial charge in [0.1, 0.15) is 16.9 Å². The van der Waals surface area contributed by atoms with Crippen LogP contribution < -0.4 is 10.1 Å². The quantitative estimate of drug-likeness (QED) is 0.588. The van der Waals surface area contributed by atoms with E-state index in [1.54, 1.807) is 25.1 Å². The SMILES string of the molecule is CCOC(=O)c1cc(NC(=O)[C@]2(OCC)CCC[C@H](C)C2)ccc1O[C@@H](C)CC. The molecule has 0 aromatic heterocycles. The lowest BCUT2D eigenvalue weighted by atomic mass is 9.78. The van der Waals surface area contributed by atoms with E-state index in [2.05, 4.69) is 12.2 Å². The Hall–Kier alpha value is -2.08. The van der Waals surface area contributed by atoms with Gasteiger partial charge in [0.25, 0.3) is 5.91 Å². The van der Waals surface area contributed by atoms with E-state index in [-0.39, 0.29) is 18.6 Å². The van der Waals surface area contributed by atoms with Crippen LogP contribution in [-0.4, -0.2) is 36.8 Å². The van der Waals surface area contributed by atoms with E-state index in [1.165, 1.54) is 0 Å². The second-order valence-corrected chi connectivity index (χ2v) is 7.85. The number of nitrogens with one attached hydrogen (secondary N) is 1. The summed E-state index contributed by atoms with van der Waals surface area (Å²) in [7, 11) is 0. The molecule has 1 N–H and O–H groups in total. The van der Waals surface area contributed by atoms with E-state index in [4.69, 9.17) is 14.2 Å². The molecule has 1 aromatic rings. The van der Waals surface area contributed by atoms with E-state index in [1.807, 2.05) is 20.8 Å². The van der Waals surface area contributed by atoms with Crippen LogP contribution >= 0.6 is 0 Å². The highest BCUT2D eigenvalue weighted by Crippen LogP contribution is 2.36. The molecule has 0 bridgehead atoms. The van der Waals surface area contributed by atoms with E-state index in [0.29, 0.717) is 42.4 Å². The first-order valence-electron chi connectivity index (χ1n) is 10.8. The van der Waals surface area contributed by atoms with Gasteiger partial charge in [-0.2, -0.15) is 0 Å². The van der Waals surface area contributed by atoms with Crippen LogP contribution in [0.25, 0.3) is 0 Å². The summed E-state index contributed by atoms with van der Waals surface area (Å²) in [6, 6.07) is 5.09. The lowest BCUT2D eigenvalue weighted by Crippen LogP contribution is -2.48. The fraction of sp³-hybridized carbons (Fsp3) is 0.652. The topological polar surface area (TPSA) is 73.9 Å². The molecule has 0 aliphatic heterocycles. The number of benzene rings is 1. The maximum atomic E-state index is 13.2. The minimum absolute atomic E-state index is 0.0337. The van der Waals surface area contributed by atoms with Crippen LogP contribution in [0.4, 0.5) is 5.69 Å². The van der Waals surface area contributed by atoms with Gasteiger partial charge >= 0.3 is 5.97 Å². The molecule has 3 atom stereocenters. The van der Waals surface area contributed by atoms with Gasteiger partial charge in [0.05, 0.1) is 12.7 Å². The number of hydrogen-bond acceptors (Lipinski definition) is 5. The summed E-state index contributed by atoms with van der Waals surface area (Å²) >= 11 is 0. The van der Waals surface area contributed by atoms with Gasteiger partial charge in [-0.1, -0.05) is 20.3 Å². The minimum atomic E-state index is -0.817. The van der Waals surface area contributed by atoms with Gasteiger partial charge in [-0.3, -0.25) is 4.79 Å². The molecule has 29 heavy (non-hydrogen) atoms. The molecule has 0 spiro atoms. The third-order valence-corrected chi connectivity index (χ3v) is 5.43. The Kier molecular flexibility index (Phi) is 8.50. The number of rotatable bonds is 9. The lowest BCUT2D eigenvalue weighted by Gasteiger charge is -2.38. The number of carbonyl (C=O) groups is 2. The Morgan fingerprint density at radius 1 is 1.24 bits per heavy atom. The standard InChI is InChI=1S/C23H35NO5/c1-6-17(5)29-20-12-11-18(14-19(20)21(25)27-7-2)24-22(26)23(28-8-3)13-9-10-16(4)15-23/h11-12,14,16-17H,6-10,13,15H2,1-5H3,(H,24,26)/t16-,17-,23-/m0/s1. The molecule has 0 heterocycles. The predicted octanol–water partition coefficient (Wildman–Crippen LogP) is 4.96. The Morgan fingerprint density at radius 3 is 2.62 bits per heavy atom. The van der Waals surface area contributed by atoms with Crippen LogP contribution in [0.1, 0.15) is 77.1 Å². The fourth-order valence-electron chi connectivity index (χ4n) is 3.81. The van der Waals surface area contributed by atoms with Crippen LogP contribution in [-0.2, 0) is 14.3 Å². The van der Waals surface area contributed by atoms with E-state index in [9.17, 15) is 9.59 Å². The summed E-state index contributed by atoms with van der Waals surface area (Å²) < 4.78 is 17.0. The largest absolute Gasteiger partial charge is 0.490 e. The maximum absolute atomic E-state index is 13.2. The molecular weight excluding hydrogens is 370 g/mol. The Bertz CT molecular complexity index is 701. The summed E-state index contributed by atoms with van der Waals surface area (Å²) in [6.45, 7) is 10.5. The van der Waals surface area contributed by atoms with Crippen LogP contribution in [0.15, 0.2) is 18.2 Å². The van der Waals surface area contributed by atoms with E-state index < -0.39 is 11.6 Å². The fourth-order valence-corrected chi connectivity index (χ4v) is 3.81. The molecule has 162 valence electrons. The molecule has 0 saturated heterocycles. The number of ether oxygens (including phenoxy) is 3. The minimum Gasteiger partial charge on any atom is -0.490 e. The molecule has 1 aliphatic carbocycles. The van der Waals surface area contributed by atoms with Gasteiger partial charge in [-0.15, -0.1) is 0 Å². The van der Waals surface area contributed by atoms with Crippen LogP contribution in [0.5, 0.6) is 5.75 Å². The summed E-state index contributed by atoms with van der Waals surface area (Å²) in [5, 5.41) is 2.96. The van der Waals surface area contributed by atoms with Crippen LogP contribution in [0.3, 0.4) is 0 Å². The van der Waals surface area contributed by atoms with Gasteiger partial charge in [0.15, 0.2) is 0 Å². The van der Waals surface area contributed by atoms with Crippen molar-refractivity contribution in [3.8, 4) is 5.75 Å². The Balaban J connectivity index is 2.27. The predicted molar refractivity (Wildman–Crippen MR) is 113 cm³/mol.